The lowest BCUT2D eigenvalue weighted by atomic mass is 10.2. The maximum absolute atomic E-state index is 9.21. The van der Waals surface area contributed by atoms with Crippen molar-refractivity contribution in [1.82, 2.24) is 0 Å². The van der Waals surface area contributed by atoms with Gasteiger partial charge in [-0.2, -0.15) is 0 Å². The second kappa shape index (κ2) is 6.40. The zero-order chi connectivity index (χ0) is 9.45. The third kappa shape index (κ3) is 6.58. The van der Waals surface area contributed by atoms with E-state index in [0.717, 1.165) is 12.8 Å². The van der Waals surface area contributed by atoms with E-state index in [2.05, 4.69) is 6.92 Å². The molecule has 0 radical (unpaired) electrons. The highest BCUT2D eigenvalue weighted by atomic mass is 16.6. The SMILES string of the molecule is CCCCCCOC(C)(O)CO. The number of hydrogen-bond donors (Lipinski definition) is 2. The van der Waals surface area contributed by atoms with Gasteiger partial charge in [-0.05, 0) is 13.3 Å². The molecular formula is C9H20O3. The first-order chi connectivity index (χ1) is 5.62. The Morgan fingerprint density at radius 3 is 2.42 bits per heavy atom. The van der Waals surface area contributed by atoms with E-state index in [9.17, 15) is 5.11 Å². The standard InChI is InChI=1S/C9H20O3/c1-3-4-5-6-7-12-9(2,11)8-10/h10-11H,3-8H2,1-2H3. The number of aliphatic hydroxyl groups excluding tert-OH is 1. The Hall–Kier alpha value is -0.120. The van der Waals surface area contributed by atoms with Crippen molar-refractivity contribution in [3.05, 3.63) is 0 Å². The minimum atomic E-state index is -1.35. The molecule has 0 spiro atoms. The Morgan fingerprint density at radius 2 is 1.92 bits per heavy atom. The van der Waals surface area contributed by atoms with E-state index in [0.29, 0.717) is 6.61 Å². The molecule has 0 aliphatic rings. The van der Waals surface area contributed by atoms with Gasteiger partial charge in [-0.3, -0.25) is 0 Å². The van der Waals surface area contributed by atoms with Crippen LogP contribution in [0, 0.1) is 0 Å². The van der Waals surface area contributed by atoms with Gasteiger partial charge in [0.2, 0.25) is 0 Å². The summed E-state index contributed by atoms with van der Waals surface area (Å²) in [6, 6.07) is 0. The average molecular weight is 176 g/mol. The fourth-order valence-corrected chi connectivity index (χ4v) is 0.867. The third-order valence-electron chi connectivity index (χ3n) is 1.70. The van der Waals surface area contributed by atoms with Gasteiger partial charge < -0.3 is 14.9 Å². The first-order valence-electron chi connectivity index (χ1n) is 4.59. The fraction of sp³-hybridized carbons (Fsp3) is 1.00. The molecule has 0 aliphatic heterocycles. The summed E-state index contributed by atoms with van der Waals surface area (Å²) in [5, 5.41) is 17.8. The highest BCUT2D eigenvalue weighted by Gasteiger charge is 2.18. The lowest BCUT2D eigenvalue weighted by molar-refractivity contribution is -0.211. The molecule has 3 heteroatoms. The van der Waals surface area contributed by atoms with Crippen LogP contribution < -0.4 is 0 Å². The Kier molecular flexibility index (Phi) is 6.34. The molecule has 0 aromatic carbocycles. The van der Waals surface area contributed by atoms with Crippen LogP contribution in [0.2, 0.25) is 0 Å². The molecule has 0 saturated carbocycles. The van der Waals surface area contributed by atoms with E-state index in [4.69, 9.17) is 9.84 Å². The van der Waals surface area contributed by atoms with Crippen molar-refractivity contribution in [3.63, 3.8) is 0 Å². The third-order valence-corrected chi connectivity index (χ3v) is 1.70. The van der Waals surface area contributed by atoms with E-state index in [1.165, 1.54) is 19.8 Å². The van der Waals surface area contributed by atoms with Crippen LogP contribution in [-0.4, -0.2) is 29.2 Å². The number of ether oxygens (including phenoxy) is 1. The Labute approximate surface area is 74.4 Å². The maximum atomic E-state index is 9.21. The van der Waals surface area contributed by atoms with Crippen LogP contribution in [0.3, 0.4) is 0 Å². The molecule has 0 aliphatic carbocycles. The van der Waals surface area contributed by atoms with Crippen molar-refractivity contribution in [2.75, 3.05) is 13.2 Å². The lowest BCUT2D eigenvalue weighted by Gasteiger charge is -2.20. The largest absolute Gasteiger partial charge is 0.391 e. The smallest absolute Gasteiger partial charge is 0.186 e. The predicted molar refractivity (Wildman–Crippen MR) is 47.8 cm³/mol. The molecule has 0 aromatic rings. The summed E-state index contributed by atoms with van der Waals surface area (Å²) in [7, 11) is 0. The van der Waals surface area contributed by atoms with Gasteiger partial charge in [0.1, 0.15) is 0 Å². The van der Waals surface area contributed by atoms with Gasteiger partial charge in [-0.1, -0.05) is 26.2 Å². The first kappa shape index (κ1) is 11.9. The molecule has 1 atom stereocenters. The molecule has 0 amide bonds. The molecule has 74 valence electrons. The molecule has 2 N–H and O–H groups in total. The predicted octanol–water partition coefficient (Wildman–Crippen LogP) is 1.28. The van der Waals surface area contributed by atoms with Crippen LogP contribution in [-0.2, 0) is 4.74 Å². The minimum Gasteiger partial charge on any atom is -0.391 e. The number of hydrogen-bond acceptors (Lipinski definition) is 3. The average Bonchev–Trinajstić information content (AvgIpc) is 2.04. The van der Waals surface area contributed by atoms with Gasteiger partial charge in [0, 0.05) is 0 Å². The summed E-state index contributed by atoms with van der Waals surface area (Å²) in [6.07, 6.45) is 4.46. The molecule has 1 unspecified atom stereocenters. The van der Waals surface area contributed by atoms with Crippen molar-refractivity contribution in [1.29, 1.82) is 0 Å². The second-order valence-electron chi connectivity index (χ2n) is 3.24. The highest BCUT2D eigenvalue weighted by molar-refractivity contribution is 4.55. The van der Waals surface area contributed by atoms with E-state index < -0.39 is 5.79 Å². The molecule has 0 fully saturated rings. The molecule has 0 aromatic heterocycles. The number of aliphatic hydroxyl groups is 2. The molecule has 0 rings (SSSR count). The summed E-state index contributed by atoms with van der Waals surface area (Å²) < 4.78 is 5.03. The van der Waals surface area contributed by atoms with E-state index in [1.54, 1.807) is 0 Å². The van der Waals surface area contributed by atoms with Gasteiger partial charge in [0.15, 0.2) is 5.79 Å². The van der Waals surface area contributed by atoms with E-state index in [1.807, 2.05) is 0 Å². The monoisotopic (exact) mass is 176 g/mol. The zero-order valence-electron chi connectivity index (χ0n) is 8.05. The van der Waals surface area contributed by atoms with Crippen LogP contribution in [0.15, 0.2) is 0 Å². The Morgan fingerprint density at radius 1 is 1.25 bits per heavy atom. The molecule has 0 bridgehead atoms. The van der Waals surface area contributed by atoms with E-state index in [-0.39, 0.29) is 6.61 Å². The van der Waals surface area contributed by atoms with Crippen LogP contribution in [0.4, 0.5) is 0 Å². The normalized spacial score (nSPS) is 16.0. The maximum Gasteiger partial charge on any atom is 0.186 e. The second-order valence-corrected chi connectivity index (χ2v) is 3.24. The summed E-state index contributed by atoms with van der Waals surface area (Å²) in [5.41, 5.74) is 0. The van der Waals surface area contributed by atoms with Gasteiger partial charge in [0.25, 0.3) is 0 Å². The molecule has 3 nitrogen and oxygen atoms in total. The van der Waals surface area contributed by atoms with Gasteiger partial charge in [-0.25, -0.2) is 0 Å². The van der Waals surface area contributed by atoms with Crippen LogP contribution in [0.1, 0.15) is 39.5 Å². The first-order valence-corrected chi connectivity index (χ1v) is 4.59. The van der Waals surface area contributed by atoms with Gasteiger partial charge >= 0.3 is 0 Å². The quantitative estimate of drug-likeness (QED) is 0.454. The summed E-state index contributed by atoms with van der Waals surface area (Å²) in [4.78, 5) is 0. The lowest BCUT2D eigenvalue weighted by Crippen LogP contribution is -2.32. The van der Waals surface area contributed by atoms with Crippen molar-refractivity contribution >= 4 is 0 Å². The summed E-state index contributed by atoms with van der Waals surface area (Å²) in [6.45, 7) is 3.78. The minimum absolute atomic E-state index is 0.346. The highest BCUT2D eigenvalue weighted by Crippen LogP contribution is 2.06. The fourth-order valence-electron chi connectivity index (χ4n) is 0.867. The van der Waals surface area contributed by atoms with Gasteiger partial charge in [-0.15, -0.1) is 0 Å². The molecular weight excluding hydrogens is 156 g/mol. The van der Waals surface area contributed by atoms with Crippen molar-refractivity contribution < 1.29 is 14.9 Å². The molecule has 0 saturated heterocycles. The zero-order valence-corrected chi connectivity index (χ0v) is 8.05. The van der Waals surface area contributed by atoms with Crippen LogP contribution in [0.25, 0.3) is 0 Å². The van der Waals surface area contributed by atoms with Crippen LogP contribution in [0.5, 0.6) is 0 Å². The molecule has 12 heavy (non-hydrogen) atoms. The Bertz CT molecular complexity index is 102. The topological polar surface area (TPSA) is 49.7 Å². The van der Waals surface area contributed by atoms with Gasteiger partial charge in [0.05, 0.1) is 13.2 Å². The summed E-state index contributed by atoms with van der Waals surface area (Å²) in [5.74, 6) is -1.35. The van der Waals surface area contributed by atoms with Crippen molar-refractivity contribution in [3.8, 4) is 0 Å². The number of unbranched alkanes of at least 4 members (excludes halogenated alkanes) is 3. The summed E-state index contributed by atoms with van der Waals surface area (Å²) >= 11 is 0. The van der Waals surface area contributed by atoms with E-state index >= 15 is 0 Å². The van der Waals surface area contributed by atoms with Crippen molar-refractivity contribution in [2.45, 2.75) is 45.3 Å². The van der Waals surface area contributed by atoms with Crippen molar-refractivity contribution in [2.24, 2.45) is 0 Å². The molecule has 0 heterocycles. The number of rotatable bonds is 7. The Balaban J connectivity index is 3.19. The van der Waals surface area contributed by atoms with Crippen LogP contribution >= 0.6 is 0 Å².